The molecule has 0 atom stereocenters. The Morgan fingerprint density at radius 2 is 1.90 bits per heavy atom. The van der Waals surface area contributed by atoms with Crippen LogP contribution >= 0.6 is 0 Å². The summed E-state index contributed by atoms with van der Waals surface area (Å²) < 4.78 is 34.5. The second-order valence-corrected chi connectivity index (χ2v) is 8.71. The van der Waals surface area contributed by atoms with Crippen LogP contribution in [0.2, 0.25) is 0 Å². The van der Waals surface area contributed by atoms with Crippen molar-refractivity contribution >= 4 is 20.9 Å². The van der Waals surface area contributed by atoms with Gasteiger partial charge in [-0.05, 0) is 37.6 Å². The van der Waals surface area contributed by atoms with Gasteiger partial charge >= 0.3 is 18.6 Å². The van der Waals surface area contributed by atoms with Gasteiger partial charge in [-0.2, -0.15) is 0 Å². The summed E-state index contributed by atoms with van der Waals surface area (Å²) in [5.41, 5.74) is 2.15. The van der Waals surface area contributed by atoms with Gasteiger partial charge in [0.2, 0.25) is 15.6 Å². The fourth-order valence-electron chi connectivity index (χ4n) is 3.65. The van der Waals surface area contributed by atoms with Crippen LogP contribution in [-0.2, 0) is 28.6 Å². The van der Waals surface area contributed by atoms with E-state index in [-0.39, 0.29) is 42.5 Å². The van der Waals surface area contributed by atoms with Crippen molar-refractivity contribution in [3.63, 3.8) is 0 Å². The summed E-state index contributed by atoms with van der Waals surface area (Å²) in [4.78, 5) is 14.7. The summed E-state index contributed by atoms with van der Waals surface area (Å²) in [6, 6.07) is 6.08. The molecule has 30 heavy (non-hydrogen) atoms. The van der Waals surface area contributed by atoms with Crippen molar-refractivity contribution in [2.45, 2.75) is 37.6 Å². The number of aromatic nitrogens is 2. The standard InChI is InChI=1S/C19H21N4O4S.CH3.V/c1-11-19(12(2)27-22-11)13-9-16-15(3-4-18(24)21-16)17(10-13)28(25,26)23-14-5-7-20-8-6-14;;/h3-4,9-10,14,23H,5-8H2,1-2H3,(H,21,24);1H3;/q2*-1;+2. The number of aryl methyl sites for hydroxylation is 2. The van der Waals surface area contributed by atoms with Gasteiger partial charge in [-0.15, -0.1) is 13.1 Å². The number of piperidine rings is 1. The first-order valence-electron chi connectivity index (χ1n) is 9.11. The number of aromatic amines is 1. The Morgan fingerprint density at radius 1 is 1.20 bits per heavy atom. The first kappa shape index (κ1) is 24.4. The Bertz CT molecular complexity index is 1180. The summed E-state index contributed by atoms with van der Waals surface area (Å²) in [7, 11) is -3.80. The van der Waals surface area contributed by atoms with Gasteiger partial charge in [0.05, 0.1) is 16.1 Å². The van der Waals surface area contributed by atoms with Crippen molar-refractivity contribution in [3.8, 4) is 11.1 Å². The molecular formula is C20H24N4O4SV. The molecular weight excluding hydrogens is 443 g/mol. The monoisotopic (exact) mass is 467 g/mol. The van der Waals surface area contributed by atoms with E-state index >= 15 is 0 Å². The molecule has 1 aromatic carbocycles. The summed E-state index contributed by atoms with van der Waals surface area (Å²) in [5, 5.41) is 8.68. The van der Waals surface area contributed by atoms with E-state index in [1.807, 2.05) is 0 Å². The fraction of sp³-hybridized carbons (Fsp3) is 0.350. The first-order chi connectivity index (χ1) is 13.3. The van der Waals surface area contributed by atoms with Crippen molar-refractivity contribution in [3.05, 3.63) is 58.8 Å². The van der Waals surface area contributed by atoms with Gasteiger partial charge in [0.25, 0.3) is 0 Å². The number of hydrogen-bond donors (Lipinski definition) is 2. The minimum Gasteiger partial charge on any atom is -0.662 e. The van der Waals surface area contributed by atoms with Gasteiger partial charge in [0.1, 0.15) is 5.76 Å². The predicted molar refractivity (Wildman–Crippen MR) is 112 cm³/mol. The number of nitrogens with zero attached hydrogens (tertiary/aromatic N) is 2. The summed E-state index contributed by atoms with van der Waals surface area (Å²) in [5.74, 6) is 0.584. The van der Waals surface area contributed by atoms with E-state index in [2.05, 4.69) is 20.2 Å². The number of nitrogens with one attached hydrogen (secondary N) is 2. The van der Waals surface area contributed by atoms with Gasteiger partial charge in [-0.1, -0.05) is 18.0 Å². The van der Waals surface area contributed by atoms with Crippen molar-refractivity contribution < 1.29 is 31.5 Å². The zero-order valence-electron chi connectivity index (χ0n) is 17.1. The molecule has 4 rings (SSSR count). The van der Waals surface area contributed by atoms with Crippen molar-refractivity contribution in [2.75, 3.05) is 13.1 Å². The number of sulfonamides is 1. The Labute approximate surface area is 187 Å². The smallest absolute Gasteiger partial charge is 0.662 e. The quantitative estimate of drug-likeness (QED) is 0.572. The second-order valence-electron chi connectivity index (χ2n) is 7.02. The average Bonchev–Trinajstić information content (AvgIpc) is 2.99. The maximum absolute atomic E-state index is 13.2. The van der Waals surface area contributed by atoms with Crippen LogP contribution in [0.3, 0.4) is 0 Å². The molecule has 2 N–H and O–H groups in total. The molecule has 3 aromatic rings. The molecule has 0 amide bonds. The van der Waals surface area contributed by atoms with E-state index < -0.39 is 10.0 Å². The SMILES string of the molecule is Cc1noc(C)c1-c1cc(S(=O)(=O)NC2CC[N-]CC2)c2ccc(=O)[nH]c2c1.[CH3-].[V+2]. The first-order valence-corrected chi connectivity index (χ1v) is 10.6. The Hall–Kier alpha value is -1.91. The molecule has 1 saturated heterocycles. The summed E-state index contributed by atoms with van der Waals surface area (Å²) in [6.07, 6.45) is 1.36. The number of H-pyrrole nitrogens is 1. The van der Waals surface area contributed by atoms with E-state index in [4.69, 9.17) is 4.52 Å². The van der Waals surface area contributed by atoms with E-state index in [1.54, 1.807) is 26.0 Å². The van der Waals surface area contributed by atoms with E-state index in [1.165, 1.54) is 12.1 Å². The molecule has 0 aliphatic carbocycles. The molecule has 1 aliphatic heterocycles. The molecule has 1 aliphatic rings. The van der Waals surface area contributed by atoms with Crippen molar-refractivity contribution in [1.82, 2.24) is 14.9 Å². The maximum atomic E-state index is 13.2. The minimum absolute atomic E-state index is 0. The third kappa shape index (κ3) is 4.71. The van der Waals surface area contributed by atoms with Crippen LogP contribution in [0, 0.1) is 21.3 Å². The zero-order valence-corrected chi connectivity index (χ0v) is 19.3. The van der Waals surface area contributed by atoms with Gasteiger partial charge < -0.3 is 22.3 Å². The van der Waals surface area contributed by atoms with Crippen LogP contribution < -0.4 is 10.3 Å². The van der Waals surface area contributed by atoms with E-state index in [9.17, 15) is 13.2 Å². The van der Waals surface area contributed by atoms with Gasteiger partial charge in [0.15, 0.2) is 0 Å². The molecule has 2 aromatic heterocycles. The van der Waals surface area contributed by atoms with Gasteiger partial charge in [-0.25, -0.2) is 13.1 Å². The Morgan fingerprint density at radius 3 is 2.53 bits per heavy atom. The Kier molecular flexibility index (Phi) is 7.71. The van der Waals surface area contributed by atoms with Crippen LogP contribution in [0.15, 0.2) is 38.5 Å². The maximum Gasteiger partial charge on any atom is 2.00 e. The molecule has 8 nitrogen and oxygen atoms in total. The molecule has 0 saturated carbocycles. The van der Waals surface area contributed by atoms with Crippen LogP contribution in [-0.4, -0.2) is 37.7 Å². The number of hydrogen-bond acceptors (Lipinski definition) is 5. The minimum atomic E-state index is -3.80. The molecule has 0 unspecified atom stereocenters. The van der Waals surface area contributed by atoms with Gasteiger partial charge in [0, 0.05) is 23.1 Å². The zero-order chi connectivity index (χ0) is 19.9. The predicted octanol–water partition coefficient (Wildman–Crippen LogP) is 3.06. The molecule has 1 fully saturated rings. The fourth-order valence-corrected chi connectivity index (χ4v) is 5.20. The molecule has 159 valence electrons. The topological polar surface area (TPSA) is 119 Å². The number of fused-ring (bicyclic) bond motifs is 1. The third-order valence-corrected chi connectivity index (χ3v) is 6.57. The van der Waals surface area contributed by atoms with E-state index in [0.29, 0.717) is 53.9 Å². The normalized spacial score (nSPS) is 14.9. The van der Waals surface area contributed by atoms with Crippen LogP contribution in [0.1, 0.15) is 24.3 Å². The Balaban J connectivity index is 0.00000160. The summed E-state index contributed by atoms with van der Waals surface area (Å²) >= 11 is 0. The van der Waals surface area contributed by atoms with Gasteiger partial charge in [-0.3, -0.25) is 4.79 Å². The molecule has 10 heteroatoms. The van der Waals surface area contributed by atoms with Crippen molar-refractivity contribution in [1.29, 1.82) is 0 Å². The summed E-state index contributed by atoms with van der Waals surface area (Å²) in [6.45, 7) is 4.87. The molecule has 0 bridgehead atoms. The van der Waals surface area contributed by atoms with E-state index in [0.717, 1.165) is 5.56 Å². The molecule has 3 heterocycles. The molecule has 1 radical (unpaired) electrons. The largest absolute Gasteiger partial charge is 2.00 e. The molecule has 0 spiro atoms. The average molecular weight is 467 g/mol. The second kappa shape index (κ2) is 9.49. The van der Waals surface area contributed by atoms with Crippen LogP contribution in [0.5, 0.6) is 0 Å². The third-order valence-electron chi connectivity index (χ3n) is 5.01. The number of pyridine rings is 1. The van der Waals surface area contributed by atoms with Crippen LogP contribution in [0.4, 0.5) is 0 Å². The van der Waals surface area contributed by atoms with Crippen molar-refractivity contribution in [2.24, 2.45) is 0 Å². The number of rotatable bonds is 4. The van der Waals surface area contributed by atoms with Crippen LogP contribution in [0.25, 0.3) is 27.3 Å². The number of benzene rings is 1.